The number of aromatic carboxylic acids is 1. The van der Waals surface area contributed by atoms with E-state index in [1.54, 1.807) is 18.7 Å². The molecule has 0 aliphatic heterocycles. The highest BCUT2D eigenvalue weighted by Gasteiger charge is 2.23. The minimum atomic E-state index is -0.961. The molecule has 106 valence electrons. The fourth-order valence-electron chi connectivity index (χ4n) is 2.81. The number of aliphatic hydroxyl groups excluding tert-OH is 1. The van der Waals surface area contributed by atoms with Crippen LogP contribution < -0.4 is 5.32 Å². The summed E-state index contributed by atoms with van der Waals surface area (Å²) in [7, 11) is 1.73. The van der Waals surface area contributed by atoms with E-state index in [0.717, 1.165) is 25.7 Å². The lowest BCUT2D eigenvalue weighted by Crippen LogP contribution is -2.26. The van der Waals surface area contributed by atoms with Crippen LogP contribution in [0.15, 0.2) is 0 Å². The molecule has 0 saturated heterocycles. The summed E-state index contributed by atoms with van der Waals surface area (Å²) in [4.78, 5) is 11.2. The number of carboxylic acid groups (broad SMARTS) is 1. The molecule has 0 spiro atoms. The average Bonchev–Trinajstić information content (AvgIpc) is 2.61. The summed E-state index contributed by atoms with van der Waals surface area (Å²) in [5.41, 5.74) is 0.750. The van der Waals surface area contributed by atoms with Crippen LogP contribution in [0.1, 0.15) is 41.7 Å². The molecule has 1 aliphatic rings. The van der Waals surface area contributed by atoms with Crippen LogP contribution in [0.2, 0.25) is 0 Å². The van der Waals surface area contributed by atoms with E-state index in [-0.39, 0.29) is 11.7 Å². The Morgan fingerprint density at radius 1 is 1.53 bits per heavy atom. The lowest BCUT2D eigenvalue weighted by molar-refractivity contribution is 0.0696. The van der Waals surface area contributed by atoms with Crippen LogP contribution in [-0.2, 0) is 7.05 Å². The molecule has 2 atom stereocenters. The summed E-state index contributed by atoms with van der Waals surface area (Å²) in [6, 6.07) is 0. The molecule has 0 aromatic carbocycles. The van der Waals surface area contributed by atoms with Crippen LogP contribution in [-0.4, -0.2) is 38.6 Å². The molecule has 6 nitrogen and oxygen atoms in total. The molecule has 1 aromatic rings. The molecule has 0 amide bonds. The van der Waals surface area contributed by atoms with Gasteiger partial charge in [0.05, 0.1) is 11.8 Å². The van der Waals surface area contributed by atoms with Crippen LogP contribution in [0.25, 0.3) is 0 Å². The van der Waals surface area contributed by atoms with Gasteiger partial charge in [0, 0.05) is 13.6 Å². The molecule has 1 fully saturated rings. The number of nitrogens with zero attached hydrogens (tertiary/aromatic N) is 2. The average molecular weight is 267 g/mol. The van der Waals surface area contributed by atoms with E-state index >= 15 is 0 Å². The molecule has 3 N–H and O–H groups in total. The third-order valence-corrected chi connectivity index (χ3v) is 3.75. The van der Waals surface area contributed by atoms with E-state index in [1.807, 2.05) is 0 Å². The second kappa shape index (κ2) is 5.61. The van der Waals surface area contributed by atoms with Crippen molar-refractivity contribution in [2.24, 2.45) is 13.0 Å². The van der Waals surface area contributed by atoms with Gasteiger partial charge in [-0.25, -0.2) is 4.79 Å². The second-order valence-electron chi connectivity index (χ2n) is 5.31. The van der Waals surface area contributed by atoms with Gasteiger partial charge in [-0.2, -0.15) is 5.10 Å². The van der Waals surface area contributed by atoms with Gasteiger partial charge in [-0.15, -0.1) is 0 Å². The lowest BCUT2D eigenvalue weighted by Gasteiger charge is -2.26. The van der Waals surface area contributed by atoms with E-state index in [4.69, 9.17) is 0 Å². The quantitative estimate of drug-likeness (QED) is 0.767. The summed E-state index contributed by atoms with van der Waals surface area (Å²) < 4.78 is 1.57. The van der Waals surface area contributed by atoms with Crippen LogP contribution in [0.3, 0.4) is 0 Å². The minimum absolute atomic E-state index is 0.215. The van der Waals surface area contributed by atoms with Gasteiger partial charge in [0.15, 0.2) is 0 Å². The van der Waals surface area contributed by atoms with E-state index in [0.29, 0.717) is 24.0 Å². The molecule has 19 heavy (non-hydrogen) atoms. The number of nitrogens with one attached hydrogen (secondary N) is 1. The number of carboxylic acids is 1. The van der Waals surface area contributed by atoms with Gasteiger partial charge in [0.1, 0.15) is 11.4 Å². The fraction of sp³-hybridized carbons (Fsp3) is 0.692. The molecule has 2 unspecified atom stereocenters. The van der Waals surface area contributed by atoms with Gasteiger partial charge in [0.25, 0.3) is 0 Å². The summed E-state index contributed by atoms with van der Waals surface area (Å²) in [6.45, 7) is 2.37. The van der Waals surface area contributed by atoms with Crippen molar-refractivity contribution in [1.82, 2.24) is 9.78 Å². The van der Waals surface area contributed by atoms with Gasteiger partial charge in [0.2, 0.25) is 0 Å². The summed E-state index contributed by atoms with van der Waals surface area (Å²) in [6.07, 6.45) is 3.55. The molecule has 1 heterocycles. The lowest BCUT2D eigenvalue weighted by atomic mass is 9.87. The van der Waals surface area contributed by atoms with Crippen molar-refractivity contribution in [3.63, 3.8) is 0 Å². The molecule has 0 radical (unpaired) electrons. The highest BCUT2D eigenvalue weighted by atomic mass is 16.4. The SMILES string of the molecule is Cc1nn(C)c(NCC2CCCC(O)C2)c1C(=O)O. The number of rotatable bonds is 4. The standard InChI is InChI=1S/C13H21N3O3/c1-8-11(13(18)19)12(16(2)15-8)14-7-9-4-3-5-10(17)6-9/h9-10,14,17H,3-7H2,1-2H3,(H,18,19). The monoisotopic (exact) mass is 267 g/mol. The van der Waals surface area contributed by atoms with Gasteiger partial charge in [-0.3, -0.25) is 4.68 Å². The van der Waals surface area contributed by atoms with Crippen molar-refractivity contribution in [1.29, 1.82) is 0 Å². The normalized spacial score (nSPS) is 23.3. The van der Waals surface area contributed by atoms with Crippen LogP contribution in [0.5, 0.6) is 0 Å². The van der Waals surface area contributed by atoms with Crippen LogP contribution in [0, 0.1) is 12.8 Å². The third kappa shape index (κ3) is 3.07. The maximum atomic E-state index is 11.2. The van der Waals surface area contributed by atoms with E-state index < -0.39 is 5.97 Å². The second-order valence-corrected chi connectivity index (χ2v) is 5.31. The predicted octanol–water partition coefficient (Wildman–Crippen LogP) is 1.39. The highest BCUT2D eigenvalue weighted by Crippen LogP contribution is 2.25. The number of aromatic nitrogens is 2. The Morgan fingerprint density at radius 2 is 2.26 bits per heavy atom. The van der Waals surface area contributed by atoms with Crippen molar-refractivity contribution < 1.29 is 15.0 Å². The zero-order valence-electron chi connectivity index (χ0n) is 11.4. The molecule has 2 rings (SSSR count). The van der Waals surface area contributed by atoms with Crippen molar-refractivity contribution >= 4 is 11.8 Å². The fourth-order valence-corrected chi connectivity index (χ4v) is 2.81. The maximum Gasteiger partial charge on any atom is 0.341 e. The van der Waals surface area contributed by atoms with E-state index in [2.05, 4.69) is 10.4 Å². The Bertz CT molecular complexity index is 470. The van der Waals surface area contributed by atoms with Crippen molar-refractivity contribution in [2.75, 3.05) is 11.9 Å². The number of hydrogen-bond donors (Lipinski definition) is 3. The Kier molecular flexibility index (Phi) is 4.09. The van der Waals surface area contributed by atoms with Gasteiger partial charge in [-0.05, 0) is 32.1 Å². The first-order chi connectivity index (χ1) is 8.99. The van der Waals surface area contributed by atoms with Gasteiger partial charge >= 0.3 is 5.97 Å². The first-order valence-corrected chi connectivity index (χ1v) is 6.68. The maximum absolute atomic E-state index is 11.2. The summed E-state index contributed by atoms with van der Waals surface area (Å²) in [5, 5.41) is 26.2. The minimum Gasteiger partial charge on any atom is -0.477 e. The predicted molar refractivity (Wildman–Crippen MR) is 71.4 cm³/mol. The van der Waals surface area contributed by atoms with Crippen molar-refractivity contribution in [2.45, 2.75) is 38.7 Å². The number of aryl methyl sites for hydroxylation is 2. The Balaban J connectivity index is 2.05. The molecule has 1 aliphatic carbocycles. The molecular formula is C13H21N3O3. The number of anilines is 1. The molecule has 1 saturated carbocycles. The number of aliphatic hydroxyl groups is 1. The zero-order chi connectivity index (χ0) is 14.0. The number of carbonyl (C=O) groups is 1. The summed E-state index contributed by atoms with van der Waals surface area (Å²) >= 11 is 0. The summed E-state index contributed by atoms with van der Waals surface area (Å²) in [5.74, 6) is -0.0255. The first kappa shape index (κ1) is 13.9. The molecule has 0 bridgehead atoms. The van der Waals surface area contributed by atoms with E-state index in [9.17, 15) is 15.0 Å². The topological polar surface area (TPSA) is 87.4 Å². The molecule has 6 heteroatoms. The zero-order valence-corrected chi connectivity index (χ0v) is 11.4. The smallest absolute Gasteiger partial charge is 0.341 e. The van der Waals surface area contributed by atoms with E-state index in [1.165, 1.54) is 0 Å². The molecule has 1 aromatic heterocycles. The Hall–Kier alpha value is -1.56. The Labute approximate surface area is 112 Å². The van der Waals surface area contributed by atoms with Crippen LogP contribution in [0.4, 0.5) is 5.82 Å². The highest BCUT2D eigenvalue weighted by molar-refractivity contribution is 5.94. The van der Waals surface area contributed by atoms with Crippen molar-refractivity contribution in [3.05, 3.63) is 11.3 Å². The van der Waals surface area contributed by atoms with Gasteiger partial charge in [-0.1, -0.05) is 6.42 Å². The first-order valence-electron chi connectivity index (χ1n) is 6.68. The Morgan fingerprint density at radius 3 is 2.89 bits per heavy atom. The van der Waals surface area contributed by atoms with Crippen LogP contribution >= 0.6 is 0 Å². The number of hydrogen-bond acceptors (Lipinski definition) is 4. The third-order valence-electron chi connectivity index (χ3n) is 3.75. The largest absolute Gasteiger partial charge is 0.477 e. The molecular weight excluding hydrogens is 246 g/mol. The van der Waals surface area contributed by atoms with Gasteiger partial charge < -0.3 is 15.5 Å². The van der Waals surface area contributed by atoms with Crippen molar-refractivity contribution in [3.8, 4) is 0 Å².